The van der Waals surface area contributed by atoms with Gasteiger partial charge < -0.3 is 5.32 Å². The van der Waals surface area contributed by atoms with Gasteiger partial charge >= 0.3 is 0 Å². The Hall–Kier alpha value is -0.390. The zero-order chi connectivity index (χ0) is 14.2. The lowest BCUT2D eigenvalue weighted by molar-refractivity contribution is 0.322. The van der Waals surface area contributed by atoms with Gasteiger partial charge in [0.25, 0.3) is 0 Å². The molecule has 3 atom stereocenters. The molecule has 1 N–H and O–H groups in total. The maximum Gasteiger partial charge on any atom is 0.150 e. The average Bonchev–Trinajstić information content (AvgIpc) is 2.87. The van der Waals surface area contributed by atoms with Crippen molar-refractivity contribution in [1.29, 1.82) is 0 Å². The van der Waals surface area contributed by atoms with E-state index < -0.39 is 9.84 Å². The molecule has 2 aliphatic rings. The second-order valence-electron chi connectivity index (χ2n) is 6.23. The van der Waals surface area contributed by atoms with Crippen LogP contribution in [-0.4, -0.2) is 26.0 Å². The van der Waals surface area contributed by atoms with E-state index in [1.807, 2.05) is 11.3 Å². The Labute approximate surface area is 125 Å². The van der Waals surface area contributed by atoms with Crippen LogP contribution < -0.4 is 5.32 Å². The maximum absolute atomic E-state index is 11.8. The smallest absolute Gasteiger partial charge is 0.150 e. The van der Waals surface area contributed by atoms with Crippen molar-refractivity contribution in [2.45, 2.75) is 62.3 Å². The SMILES string of the molecule is CS(=O)(=O)C1CCCC(NC2CCCc3sccc32)C1. The standard InChI is InChI=1S/C15H23NO2S2/c1-20(17,18)12-5-2-4-11(10-12)16-14-6-3-7-15-13(14)8-9-19-15/h8-9,11-12,14,16H,2-7,10H2,1H3. The van der Waals surface area contributed by atoms with Crippen LogP contribution in [0.1, 0.15) is 55.0 Å². The Balaban J connectivity index is 1.67. The largest absolute Gasteiger partial charge is 0.307 e. The van der Waals surface area contributed by atoms with Crippen LogP contribution in [-0.2, 0) is 16.3 Å². The summed E-state index contributed by atoms with van der Waals surface area (Å²) in [6, 6.07) is 3.04. The van der Waals surface area contributed by atoms with Crippen LogP contribution >= 0.6 is 11.3 Å². The molecule has 1 fully saturated rings. The van der Waals surface area contributed by atoms with Gasteiger partial charge in [-0.05, 0) is 55.5 Å². The van der Waals surface area contributed by atoms with Gasteiger partial charge in [0.05, 0.1) is 5.25 Å². The Morgan fingerprint density at radius 2 is 2.10 bits per heavy atom. The van der Waals surface area contributed by atoms with Gasteiger partial charge in [-0.15, -0.1) is 11.3 Å². The fraction of sp³-hybridized carbons (Fsp3) is 0.733. The van der Waals surface area contributed by atoms with E-state index in [-0.39, 0.29) is 5.25 Å². The van der Waals surface area contributed by atoms with Gasteiger partial charge in [0, 0.05) is 23.2 Å². The topological polar surface area (TPSA) is 46.2 Å². The fourth-order valence-corrected chi connectivity index (χ4v) is 5.79. The highest BCUT2D eigenvalue weighted by Crippen LogP contribution is 2.35. The minimum atomic E-state index is -2.89. The van der Waals surface area contributed by atoms with Gasteiger partial charge in [-0.3, -0.25) is 0 Å². The number of hydrogen-bond acceptors (Lipinski definition) is 4. The van der Waals surface area contributed by atoms with Gasteiger partial charge in [0.2, 0.25) is 0 Å². The lowest BCUT2D eigenvalue weighted by atomic mass is 9.90. The number of fused-ring (bicyclic) bond motifs is 1. The molecule has 3 nitrogen and oxygen atoms in total. The minimum Gasteiger partial charge on any atom is -0.307 e. The van der Waals surface area contributed by atoms with E-state index >= 15 is 0 Å². The Bertz CT molecular complexity index is 564. The van der Waals surface area contributed by atoms with Crippen LogP contribution in [0.4, 0.5) is 0 Å². The summed E-state index contributed by atoms with van der Waals surface area (Å²) in [7, 11) is -2.89. The summed E-state index contributed by atoms with van der Waals surface area (Å²) in [6.45, 7) is 0. The third-order valence-corrected chi connectivity index (χ3v) is 7.36. The van der Waals surface area contributed by atoms with Gasteiger partial charge in [0.1, 0.15) is 9.84 Å². The molecule has 2 aliphatic carbocycles. The van der Waals surface area contributed by atoms with Crippen molar-refractivity contribution in [3.63, 3.8) is 0 Å². The maximum atomic E-state index is 11.8. The lowest BCUT2D eigenvalue weighted by Gasteiger charge is -2.33. The normalized spacial score (nSPS) is 30.9. The molecule has 0 amide bonds. The average molecular weight is 313 g/mol. The second-order valence-corrected chi connectivity index (χ2v) is 9.55. The lowest BCUT2D eigenvalue weighted by Crippen LogP contribution is -2.41. The number of aryl methyl sites for hydroxylation is 1. The van der Waals surface area contributed by atoms with Crippen molar-refractivity contribution < 1.29 is 8.42 Å². The molecular formula is C15H23NO2S2. The molecule has 0 aliphatic heterocycles. The van der Waals surface area contributed by atoms with Crippen LogP contribution in [0, 0.1) is 0 Å². The first-order valence-corrected chi connectivity index (χ1v) is 10.4. The summed E-state index contributed by atoms with van der Waals surface area (Å²) in [6.07, 6.45) is 8.79. The molecule has 0 spiro atoms. The number of rotatable bonds is 3. The first-order chi connectivity index (χ1) is 9.54. The van der Waals surface area contributed by atoms with Gasteiger partial charge in [-0.2, -0.15) is 0 Å². The molecule has 1 saturated carbocycles. The highest BCUT2D eigenvalue weighted by Gasteiger charge is 2.31. The van der Waals surface area contributed by atoms with Crippen molar-refractivity contribution >= 4 is 21.2 Å². The van der Waals surface area contributed by atoms with Crippen LogP contribution in [0.25, 0.3) is 0 Å². The highest BCUT2D eigenvalue weighted by molar-refractivity contribution is 7.91. The van der Waals surface area contributed by atoms with Crippen molar-refractivity contribution in [3.8, 4) is 0 Å². The summed E-state index contributed by atoms with van der Waals surface area (Å²) >= 11 is 1.86. The molecule has 0 bridgehead atoms. The summed E-state index contributed by atoms with van der Waals surface area (Å²) in [5, 5.41) is 5.79. The molecule has 3 unspecified atom stereocenters. The summed E-state index contributed by atoms with van der Waals surface area (Å²) in [5.74, 6) is 0. The number of nitrogens with one attached hydrogen (secondary N) is 1. The fourth-order valence-electron chi connectivity index (χ4n) is 3.63. The summed E-state index contributed by atoms with van der Waals surface area (Å²) in [5.41, 5.74) is 1.46. The monoisotopic (exact) mass is 313 g/mol. The van der Waals surface area contributed by atoms with E-state index in [1.54, 1.807) is 0 Å². The molecule has 5 heteroatoms. The molecule has 1 aromatic rings. The quantitative estimate of drug-likeness (QED) is 0.933. The van der Waals surface area contributed by atoms with Crippen molar-refractivity contribution in [3.05, 3.63) is 21.9 Å². The van der Waals surface area contributed by atoms with E-state index in [2.05, 4.69) is 16.8 Å². The van der Waals surface area contributed by atoms with Crippen molar-refractivity contribution in [1.82, 2.24) is 5.32 Å². The molecule has 20 heavy (non-hydrogen) atoms. The first kappa shape index (κ1) is 14.5. The van der Waals surface area contributed by atoms with E-state index in [9.17, 15) is 8.42 Å². The molecular weight excluding hydrogens is 290 g/mol. The minimum absolute atomic E-state index is 0.140. The summed E-state index contributed by atoms with van der Waals surface area (Å²) in [4.78, 5) is 1.52. The summed E-state index contributed by atoms with van der Waals surface area (Å²) < 4.78 is 23.5. The van der Waals surface area contributed by atoms with E-state index in [0.29, 0.717) is 12.1 Å². The zero-order valence-electron chi connectivity index (χ0n) is 12.0. The van der Waals surface area contributed by atoms with Crippen LogP contribution in [0.15, 0.2) is 11.4 Å². The molecule has 0 saturated heterocycles. The van der Waals surface area contributed by atoms with Gasteiger partial charge in [0.15, 0.2) is 0 Å². The number of sulfone groups is 1. The third kappa shape index (κ3) is 3.10. The Kier molecular flexibility index (Phi) is 4.20. The molecule has 0 radical (unpaired) electrons. The number of thiophene rings is 1. The zero-order valence-corrected chi connectivity index (χ0v) is 13.6. The molecule has 0 aromatic carbocycles. The first-order valence-electron chi connectivity index (χ1n) is 7.55. The Morgan fingerprint density at radius 1 is 1.25 bits per heavy atom. The molecule has 112 valence electrons. The highest BCUT2D eigenvalue weighted by atomic mass is 32.2. The third-order valence-electron chi connectivity index (χ3n) is 4.72. The van der Waals surface area contributed by atoms with Crippen molar-refractivity contribution in [2.24, 2.45) is 0 Å². The van der Waals surface area contributed by atoms with Gasteiger partial charge in [-0.1, -0.05) is 6.42 Å². The Morgan fingerprint density at radius 3 is 2.90 bits per heavy atom. The van der Waals surface area contributed by atoms with Crippen molar-refractivity contribution in [2.75, 3.05) is 6.26 Å². The van der Waals surface area contributed by atoms with E-state index in [4.69, 9.17) is 0 Å². The van der Waals surface area contributed by atoms with Crippen LogP contribution in [0.5, 0.6) is 0 Å². The predicted octanol–water partition coefficient (Wildman–Crippen LogP) is 3.07. The van der Waals surface area contributed by atoms with Crippen LogP contribution in [0.3, 0.4) is 0 Å². The molecule has 3 rings (SSSR count). The van der Waals surface area contributed by atoms with Crippen LogP contribution in [0.2, 0.25) is 0 Å². The second kappa shape index (κ2) is 5.78. The van der Waals surface area contributed by atoms with E-state index in [1.165, 1.54) is 36.0 Å². The van der Waals surface area contributed by atoms with E-state index in [0.717, 1.165) is 25.7 Å². The molecule has 1 aromatic heterocycles. The predicted molar refractivity (Wildman–Crippen MR) is 84.0 cm³/mol. The molecule has 1 heterocycles. The van der Waals surface area contributed by atoms with Gasteiger partial charge in [-0.25, -0.2) is 8.42 Å². The number of hydrogen-bond donors (Lipinski definition) is 1.